The van der Waals surface area contributed by atoms with Crippen LogP contribution < -0.4 is 0 Å². The van der Waals surface area contributed by atoms with Gasteiger partial charge >= 0.3 is 0 Å². The highest BCUT2D eigenvalue weighted by Crippen LogP contribution is 2.26. The summed E-state index contributed by atoms with van der Waals surface area (Å²) in [5.41, 5.74) is 1.20. The lowest BCUT2D eigenvalue weighted by Gasteiger charge is -2.07. The quantitative estimate of drug-likeness (QED) is 0.681. The van der Waals surface area contributed by atoms with E-state index >= 15 is 0 Å². The second kappa shape index (κ2) is 3.59. The summed E-state index contributed by atoms with van der Waals surface area (Å²) in [6.45, 7) is 4.27. The largest absolute Gasteiger partial charge is 0.0840 e. The van der Waals surface area contributed by atoms with E-state index in [9.17, 15) is 0 Å². The fourth-order valence-electron chi connectivity index (χ4n) is 0.957. The molecule has 0 aliphatic rings. The SMILES string of the molecule is CC(C)c1cc(Br)ccc1Cl. The highest BCUT2D eigenvalue weighted by molar-refractivity contribution is 9.10. The van der Waals surface area contributed by atoms with E-state index < -0.39 is 0 Å². The Kier molecular flexibility index (Phi) is 2.97. The van der Waals surface area contributed by atoms with Gasteiger partial charge in [-0.15, -0.1) is 0 Å². The highest BCUT2D eigenvalue weighted by Gasteiger charge is 2.04. The first kappa shape index (κ1) is 9.08. The molecule has 0 aliphatic carbocycles. The molecule has 0 bridgehead atoms. The van der Waals surface area contributed by atoms with Crippen molar-refractivity contribution in [2.24, 2.45) is 0 Å². The number of hydrogen-bond acceptors (Lipinski definition) is 0. The molecule has 0 spiro atoms. The fourth-order valence-corrected chi connectivity index (χ4v) is 1.67. The van der Waals surface area contributed by atoms with E-state index in [0.717, 1.165) is 9.50 Å². The zero-order chi connectivity index (χ0) is 8.43. The van der Waals surface area contributed by atoms with Gasteiger partial charge in [-0.25, -0.2) is 0 Å². The maximum Gasteiger partial charge on any atom is 0.0441 e. The molecule has 0 aromatic heterocycles. The van der Waals surface area contributed by atoms with Crippen LogP contribution in [0.15, 0.2) is 22.7 Å². The van der Waals surface area contributed by atoms with Crippen molar-refractivity contribution in [2.45, 2.75) is 19.8 Å². The third kappa shape index (κ3) is 2.21. The van der Waals surface area contributed by atoms with Crippen molar-refractivity contribution < 1.29 is 0 Å². The molecule has 1 aromatic carbocycles. The molecular weight excluding hydrogens is 223 g/mol. The minimum absolute atomic E-state index is 0.486. The lowest BCUT2D eigenvalue weighted by molar-refractivity contribution is 0.866. The molecule has 1 aromatic rings. The number of halogens is 2. The van der Waals surface area contributed by atoms with Crippen LogP contribution in [0, 0.1) is 0 Å². The molecule has 0 unspecified atom stereocenters. The van der Waals surface area contributed by atoms with Gasteiger partial charge in [-0.2, -0.15) is 0 Å². The minimum Gasteiger partial charge on any atom is -0.0840 e. The molecule has 0 saturated heterocycles. The summed E-state index contributed by atoms with van der Waals surface area (Å²) < 4.78 is 1.09. The predicted octanol–water partition coefficient (Wildman–Crippen LogP) is 4.23. The maximum absolute atomic E-state index is 5.97. The number of hydrogen-bond donors (Lipinski definition) is 0. The third-order valence-electron chi connectivity index (χ3n) is 1.58. The molecule has 0 fully saturated rings. The summed E-state index contributed by atoms with van der Waals surface area (Å²) in [5, 5.41) is 0.850. The van der Waals surface area contributed by atoms with Crippen LogP contribution in [0.4, 0.5) is 0 Å². The summed E-state index contributed by atoms with van der Waals surface area (Å²) >= 11 is 9.38. The van der Waals surface area contributed by atoms with Crippen molar-refractivity contribution in [3.63, 3.8) is 0 Å². The third-order valence-corrected chi connectivity index (χ3v) is 2.42. The summed E-state index contributed by atoms with van der Waals surface area (Å²) in [6.07, 6.45) is 0. The van der Waals surface area contributed by atoms with Crippen molar-refractivity contribution in [1.29, 1.82) is 0 Å². The molecule has 0 amide bonds. The van der Waals surface area contributed by atoms with Crippen molar-refractivity contribution in [3.05, 3.63) is 33.3 Å². The Morgan fingerprint density at radius 1 is 1.36 bits per heavy atom. The van der Waals surface area contributed by atoms with E-state index in [0.29, 0.717) is 5.92 Å². The van der Waals surface area contributed by atoms with Crippen molar-refractivity contribution >= 4 is 27.5 Å². The van der Waals surface area contributed by atoms with E-state index in [-0.39, 0.29) is 0 Å². The highest BCUT2D eigenvalue weighted by atomic mass is 79.9. The molecule has 0 saturated carbocycles. The normalized spacial score (nSPS) is 10.6. The van der Waals surface area contributed by atoms with E-state index in [1.807, 2.05) is 12.1 Å². The van der Waals surface area contributed by atoms with Gasteiger partial charge in [0, 0.05) is 9.50 Å². The van der Waals surface area contributed by atoms with Gasteiger partial charge in [-0.3, -0.25) is 0 Å². The van der Waals surface area contributed by atoms with Crippen LogP contribution in [0.1, 0.15) is 25.3 Å². The average molecular weight is 234 g/mol. The van der Waals surface area contributed by atoms with E-state index in [1.165, 1.54) is 5.56 Å². The predicted molar refractivity (Wildman–Crippen MR) is 53.2 cm³/mol. The first-order chi connectivity index (χ1) is 5.11. The van der Waals surface area contributed by atoms with Crippen molar-refractivity contribution in [1.82, 2.24) is 0 Å². The Balaban J connectivity index is 3.13. The van der Waals surface area contributed by atoms with Gasteiger partial charge in [0.25, 0.3) is 0 Å². The number of rotatable bonds is 1. The van der Waals surface area contributed by atoms with Crippen LogP contribution in [0.25, 0.3) is 0 Å². The molecule has 11 heavy (non-hydrogen) atoms. The smallest absolute Gasteiger partial charge is 0.0441 e. The van der Waals surface area contributed by atoms with Gasteiger partial charge in [0.15, 0.2) is 0 Å². The van der Waals surface area contributed by atoms with Gasteiger partial charge < -0.3 is 0 Å². The molecule has 1 rings (SSSR count). The lowest BCUT2D eigenvalue weighted by atomic mass is 10.0. The van der Waals surface area contributed by atoms with Crippen LogP contribution in [0.3, 0.4) is 0 Å². The average Bonchev–Trinajstić information content (AvgIpc) is 1.94. The Hall–Kier alpha value is -0.0100. The van der Waals surface area contributed by atoms with Gasteiger partial charge in [0.05, 0.1) is 0 Å². The van der Waals surface area contributed by atoms with Gasteiger partial charge in [0.1, 0.15) is 0 Å². The molecule has 0 nitrogen and oxygen atoms in total. The van der Waals surface area contributed by atoms with Crippen LogP contribution in [-0.2, 0) is 0 Å². The molecule has 2 heteroatoms. The lowest BCUT2D eigenvalue weighted by Crippen LogP contribution is -1.87. The summed E-state index contributed by atoms with van der Waals surface area (Å²) in [6, 6.07) is 5.93. The Morgan fingerprint density at radius 3 is 2.45 bits per heavy atom. The van der Waals surface area contributed by atoms with Gasteiger partial charge in [-0.1, -0.05) is 41.4 Å². The Labute approximate surface area is 80.7 Å². The summed E-state index contributed by atoms with van der Waals surface area (Å²) in [4.78, 5) is 0. The maximum atomic E-state index is 5.97. The van der Waals surface area contributed by atoms with Crippen molar-refractivity contribution in [3.8, 4) is 0 Å². The standard InChI is InChI=1S/C9H10BrCl/c1-6(2)8-5-7(10)3-4-9(8)11/h3-6H,1-2H3. The fraction of sp³-hybridized carbons (Fsp3) is 0.333. The monoisotopic (exact) mass is 232 g/mol. The Bertz CT molecular complexity index is 256. The second-order valence-corrected chi connectivity index (χ2v) is 4.14. The molecule has 60 valence electrons. The molecular formula is C9H10BrCl. The summed E-state index contributed by atoms with van der Waals surface area (Å²) in [7, 11) is 0. The minimum atomic E-state index is 0.486. The zero-order valence-corrected chi connectivity index (χ0v) is 8.91. The number of benzene rings is 1. The zero-order valence-electron chi connectivity index (χ0n) is 6.57. The molecule has 0 atom stereocenters. The van der Waals surface area contributed by atoms with Crippen LogP contribution in [0.2, 0.25) is 5.02 Å². The Morgan fingerprint density at radius 2 is 2.00 bits per heavy atom. The molecule has 0 radical (unpaired) electrons. The summed E-state index contributed by atoms with van der Waals surface area (Å²) in [5.74, 6) is 0.486. The van der Waals surface area contributed by atoms with E-state index in [4.69, 9.17) is 11.6 Å². The van der Waals surface area contributed by atoms with E-state index in [2.05, 4.69) is 35.8 Å². The molecule has 0 heterocycles. The topological polar surface area (TPSA) is 0 Å². The van der Waals surface area contributed by atoms with Crippen LogP contribution in [-0.4, -0.2) is 0 Å². The first-order valence-corrected chi connectivity index (χ1v) is 4.73. The molecule has 0 N–H and O–H groups in total. The van der Waals surface area contributed by atoms with Crippen LogP contribution in [0.5, 0.6) is 0 Å². The second-order valence-electron chi connectivity index (χ2n) is 2.82. The van der Waals surface area contributed by atoms with E-state index in [1.54, 1.807) is 0 Å². The molecule has 0 aliphatic heterocycles. The van der Waals surface area contributed by atoms with Crippen LogP contribution >= 0.6 is 27.5 Å². The van der Waals surface area contributed by atoms with Gasteiger partial charge in [0.2, 0.25) is 0 Å². The van der Waals surface area contributed by atoms with Gasteiger partial charge in [-0.05, 0) is 29.7 Å². The van der Waals surface area contributed by atoms with Crippen molar-refractivity contribution in [2.75, 3.05) is 0 Å². The first-order valence-electron chi connectivity index (χ1n) is 3.56.